The van der Waals surface area contributed by atoms with Gasteiger partial charge in [-0.2, -0.15) is 0 Å². The fourth-order valence-electron chi connectivity index (χ4n) is 4.40. The van der Waals surface area contributed by atoms with Crippen molar-refractivity contribution >= 4 is 57.7 Å². The molecular formula is C36H32N4O4S2. The van der Waals surface area contributed by atoms with Crippen LogP contribution in [0.2, 0.25) is 0 Å². The van der Waals surface area contributed by atoms with Gasteiger partial charge in [0.15, 0.2) is 5.13 Å². The SMILES string of the molecule is CCOc1ccc(/C=C(/NC(=O)c2ccccc2)C(=O)Nc2cccc(SC(C(=O)Nc3nc(C)cs3)c3ccccc3)c2)cc1. The van der Waals surface area contributed by atoms with Gasteiger partial charge in [-0.15, -0.1) is 23.1 Å². The number of ether oxygens (including phenoxy) is 1. The van der Waals surface area contributed by atoms with E-state index < -0.39 is 17.1 Å². The molecule has 232 valence electrons. The van der Waals surface area contributed by atoms with Crippen LogP contribution in [0.3, 0.4) is 0 Å². The largest absolute Gasteiger partial charge is 0.494 e. The second kappa shape index (κ2) is 15.7. The molecular weight excluding hydrogens is 617 g/mol. The Morgan fingerprint density at radius 3 is 2.28 bits per heavy atom. The Morgan fingerprint density at radius 1 is 0.891 bits per heavy atom. The number of thioether (sulfide) groups is 1. The number of anilines is 2. The highest BCUT2D eigenvalue weighted by Crippen LogP contribution is 2.37. The van der Waals surface area contributed by atoms with E-state index in [0.717, 1.165) is 16.2 Å². The number of aryl methyl sites for hydroxylation is 1. The van der Waals surface area contributed by atoms with Gasteiger partial charge in [-0.3, -0.25) is 14.4 Å². The highest BCUT2D eigenvalue weighted by atomic mass is 32.2. The average Bonchev–Trinajstić information content (AvgIpc) is 3.49. The molecule has 0 aliphatic rings. The first-order valence-electron chi connectivity index (χ1n) is 14.5. The molecule has 0 spiro atoms. The Kier molecular flexibility index (Phi) is 11.0. The van der Waals surface area contributed by atoms with E-state index in [1.807, 2.05) is 73.8 Å². The highest BCUT2D eigenvalue weighted by Gasteiger charge is 2.23. The summed E-state index contributed by atoms with van der Waals surface area (Å²) in [5.74, 6) is -0.414. The molecule has 0 saturated heterocycles. The second-order valence-corrected chi connectivity index (χ2v) is 12.1. The first-order chi connectivity index (χ1) is 22.4. The Hall–Kier alpha value is -5.19. The van der Waals surface area contributed by atoms with Crippen molar-refractivity contribution in [3.63, 3.8) is 0 Å². The summed E-state index contributed by atoms with van der Waals surface area (Å²) in [7, 11) is 0. The van der Waals surface area contributed by atoms with Crippen LogP contribution in [0, 0.1) is 6.92 Å². The number of carbonyl (C=O) groups excluding carboxylic acids is 3. The Balaban J connectivity index is 1.37. The van der Waals surface area contributed by atoms with Crippen LogP contribution in [0.15, 0.2) is 125 Å². The van der Waals surface area contributed by atoms with Gasteiger partial charge in [0.2, 0.25) is 5.91 Å². The monoisotopic (exact) mass is 648 g/mol. The van der Waals surface area contributed by atoms with Gasteiger partial charge in [-0.1, -0.05) is 66.7 Å². The molecule has 1 aromatic heterocycles. The Bertz CT molecular complexity index is 1820. The van der Waals surface area contributed by atoms with E-state index in [1.54, 1.807) is 60.7 Å². The molecule has 4 aromatic carbocycles. The number of amides is 3. The molecule has 5 rings (SSSR count). The molecule has 5 aromatic rings. The van der Waals surface area contributed by atoms with E-state index in [-0.39, 0.29) is 11.6 Å². The van der Waals surface area contributed by atoms with Gasteiger partial charge >= 0.3 is 0 Å². The molecule has 0 aliphatic carbocycles. The molecule has 0 saturated carbocycles. The van der Waals surface area contributed by atoms with Gasteiger partial charge in [0.05, 0.1) is 12.3 Å². The lowest BCUT2D eigenvalue weighted by atomic mass is 10.1. The van der Waals surface area contributed by atoms with Gasteiger partial charge in [0.25, 0.3) is 11.8 Å². The van der Waals surface area contributed by atoms with Gasteiger partial charge in [-0.25, -0.2) is 4.98 Å². The van der Waals surface area contributed by atoms with Crippen LogP contribution >= 0.6 is 23.1 Å². The lowest BCUT2D eigenvalue weighted by Crippen LogP contribution is -2.30. The van der Waals surface area contributed by atoms with Crippen LogP contribution in [0.5, 0.6) is 5.75 Å². The standard InChI is InChI=1S/C36H32N4O4S2/c1-3-44-29-19-17-25(18-20-29)21-31(39-33(41)27-13-8-5-9-14-27)34(42)38-28-15-10-16-30(22-28)46-32(26-11-6-4-7-12-26)35(43)40-36-37-24(2)23-45-36/h4-23,32H,3H2,1-2H3,(H,38,42)(H,39,41)(H,37,40,43)/b31-21+. The normalized spacial score (nSPS) is 11.7. The maximum absolute atomic E-state index is 13.6. The van der Waals surface area contributed by atoms with Gasteiger partial charge in [-0.05, 0) is 73.5 Å². The fraction of sp³-hybridized carbons (Fsp3) is 0.111. The predicted octanol–water partition coefficient (Wildman–Crippen LogP) is 7.73. The van der Waals surface area contributed by atoms with E-state index >= 15 is 0 Å². The summed E-state index contributed by atoms with van der Waals surface area (Å²) in [6.07, 6.45) is 1.61. The van der Waals surface area contributed by atoms with Crippen molar-refractivity contribution in [3.8, 4) is 5.75 Å². The molecule has 3 N–H and O–H groups in total. The maximum atomic E-state index is 13.6. The van der Waals surface area contributed by atoms with E-state index in [9.17, 15) is 14.4 Å². The summed E-state index contributed by atoms with van der Waals surface area (Å²) in [6.45, 7) is 4.32. The molecule has 10 heteroatoms. The summed E-state index contributed by atoms with van der Waals surface area (Å²) >= 11 is 2.73. The van der Waals surface area contributed by atoms with Crippen LogP contribution in [0.1, 0.15) is 39.4 Å². The molecule has 0 fully saturated rings. The van der Waals surface area contributed by atoms with E-state index in [1.165, 1.54) is 23.1 Å². The fourth-order valence-corrected chi connectivity index (χ4v) is 6.18. The van der Waals surface area contributed by atoms with Crippen LogP contribution in [0.4, 0.5) is 10.8 Å². The number of thiazole rings is 1. The van der Waals surface area contributed by atoms with E-state index in [4.69, 9.17) is 4.74 Å². The number of hydrogen-bond acceptors (Lipinski definition) is 7. The van der Waals surface area contributed by atoms with E-state index in [2.05, 4.69) is 20.9 Å². The summed E-state index contributed by atoms with van der Waals surface area (Å²) in [6, 6.07) is 32.7. The van der Waals surface area contributed by atoms with Crippen molar-refractivity contribution in [2.45, 2.75) is 24.0 Å². The lowest BCUT2D eigenvalue weighted by molar-refractivity contribution is -0.116. The second-order valence-electron chi connectivity index (χ2n) is 10.1. The van der Waals surface area contributed by atoms with Crippen molar-refractivity contribution in [2.75, 3.05) is 17.2 Å². The third-order valence-electron chi connectivity index (χ3n) is 6.57. The number of nitrogens with one attached hydrogen (secondary N) is 3. The van der Waals surface area contributed by atoms with Crippen molar-refractivity contribution in [3.05, 3.63) is 143 Å². The number of carbonyl (C=O) groups is 3. The number of hydrogen-bond donors (Lipinski definition) is 3. The van der Waals surface area contributed by atoms with Gasteiger partial charge in [0, 0.05) is 21.5 Å². The first kappa shape index (κ1) is 32.2. The van der Waals surface area contributed by atoms with Crippen molar-refractivity contribution in [2.24, 2.45) is 0 Å². The maximum Gasteiger partial charge on any atom is 0.272 e. The molecule has 46 heavy (non-hydrogen) atoms. The third kappa shape index (κ3) is 8.93. The molecule has 0 bridgehead atoms. The summed E-state index contributed by atoms with van der Waals surface area (Å²) in [4.78, 5) is 45.2. The zero-order valence-electron chi connectivity index (χ0n) is 25.2. The van der Waals surface area contributed by atoms with Gasteiger partial charge in [0.1, 0.15) is 16.7 Å². The minimum Gasteiger partial charge on any atom is -0.494 e. The summed E-state index contributed by atoms with van der Waals surface area (Å²) < 4.78 is 5.53. The molecule has 1 heterocycles. The van der Waals surface area contributed by atoms with Crippen molar-refractivity contribution in [1.82, 2.24) is 10.3 Å². The van der Waals surface area contributed by atoms with E-state index in [0.29, 0.717) is 34.3 Å². The lowest BCUT2D eigenvalue weighted by Gasteiger charge is -2.17. The number of benzene rings is 4. The molecule has 0 aliphatic heterocycles. The van der Waals surface area contributed by atoms with Crippen LogP contribution in [0.25, 0.3) is 6.08 Å². The average molecular weight is 649 g/mol. The highest BCUT2D eigenvalue weighted by molar-refractivity contribution is 8.00. The van der Waals surface area contributed by atoms with Crippen LogP contribution in [-0.4, -0.2) is 29.3 Å². The quantitative estimate of drug-likeness (QED) is 0.0944. The van der Waals surface area contributed by atoms with Crippen LogP contribution < -0.4 is 20.7 Å². The Labute approximate surface area is 275 Å². The molecule has 1 atom stereocenters. The smallest absolute Gasteiger partial charge is 0.272 e. The number of aromatic nitrogens is 1. The minimum atomic E-state index is -0.573. The molecule has 3 amide bonds. The van der Waals surface area contributed by atoms with Crippen LogP contribution in [-0.2, 0) is 9.59 Å². The molecule has 0 radical (unpaired) electrons. The van der Waals surface area contributed by atoms with Gasteiger partial charge < -0.3 is 20.7 Å². The van der Waals surface area contributed by atoms with Crippen molar-refractivity contribution in [1.29, 1.82) is 0 Å². The number of nitrogens with zero attached hydrogens (tertiary/aromatic N) is 1. The predicted molar refractivity (Wildman–Crippen MR) is 185 cm³/mol. The Morgan fingerprint density at radius 2 is 1.61 bits per heavy atom. The van der Waals surface area contributed by atoms with Crippen molar-refractivity contribution < 1.29 is 19.1 Å². The zero-order valence-corrected chi connectivity index (χ0v) is 26.9. The minimum absolute atomic E-state index is 0.0661. The summed E-state index contributed by atoms with van der Waals surface area (Å²) in [5.41, 5.74) is 3.36. The third-order valence-corrected chi connectivity index (χ3v) is 8.69. The summed E-state index contributed by atoms with van der Waals surface area (Å²) in [5, 5.41) is 10.4. The molecule has 8 nitrogen and oxygen atoms in total. The number of rotatable bonds is 12. The zero-order chi connectivity index (χ0) is 32.3. The first-order valence-corrected chi connectivity index (χ1v) is 16.3. The topological polar surface area (TPSA) is 109 Å². The molecule has 1 unspecified atom stereocenters.